The van der Waals surface area contributed by atoms with Crippen LogP contribution in [0.5, 0.6) is 5.75 Å². The maximum atomic E-state index is 12.5. The number of nitrogens with zero attached hydrogens (tertiary/aromatic N) is 1. The van der Waals surface area contributed by atoms with Crippen LogP contribution >= 0.6 is 38.5 Å². The first-order valence-corrected chi connectivity index (χ1v) is 10.5. The van der Waals surface area contributed by atoms with E-state index in [4.69, 9.17) is 4.74 Å². The van der Waals surface area contributed by atoms with Crippen LogP contribution in [-0.2, 0) is 0 Å². The molecule has 5 nitrogen and oxygen atoms in total. The molecule has 0 aromatic heterocycles. The Morgan fingerprint density at radius 2 is 1.72 bits per heavy atom. The van der Waals surface area contributed by atoms with Crippen LogP contribution in [0.2, 0.25) is 0 Å². The van der Waals surface area contributed by atoms with E-state index in [-0.39, 0.29) is 5.91 Å². The summed E-state index contributed by atoms with van der Waals surface area (Å²) in [6, 6.07) is 19.6. The molecule has 0 aliphatic carbocycles. The van der Waals surface area contributed by atoms with Crippen molar-refractivity contribution in [3.05, 3.63) is 97.0 Å². The van der Waals surface area contributed by atoms with E-state index in [2.05, 4.69) is 49.0 Å². The van der Waals surface area contributed by atoms with Crippen LogP contribution in [0.4, 0.5) is 0 Å². The highest BCUT2D eigenvalue weighted by molar-refractivity contribution is 14.1. The van der Waals surface area contributed by atoms with Gasteiger partial charge < -0.3 is 4.74 Å². The molecule has 0 bridgehead atoms. The Labute approximate surface area is 190 Å². The topological polar surface area (TPSA) is 67.8 Å². The van der Waals surface area contributed by atoms with Gasteiger partial charge in [0.25, 0.3) is 5.91 Å². The van der Waals surface area contributed by atoms with Crippen molar-refractivity contribution in [2.45, 2.75) is 6.92 Å². The lowest BCUT2D eigenvalue weighted by atomic mass is 10.1. The van der Waals surface area contributed by atoms with Gasteiger partial charge in [-0.05, 0) is 71.5 Å². The third-order valence-corrected chi connectivity index (χ3v) is 5.46. The van der Waals surface area contributed by atoms with Crippen molar-refractivity contribution in [1.29, 1.82) is 0 Å². The Balaban J connectivity index is 1.77. The fourth-order valence-corrected chi connectivity index (χ4v) is 3.55. The third-order valence-electron chi connectivity index (χ3n) is 4.03. The fourth-order valence-electron chi connectivity index (χ4n) is 2.54. The van der Waals surface area contributed by atoms with E-state index < -0.39 is 5.97 Å². The second kappa shape index (κ2) is 9.80. The summed E-state index contributed by atoms with van der Waals surface area (Å²) in [5.41, 5.74) is 4.90. The molecule has 1 amide bonds. The number of hydrogen-bond donors (Lipinski definition) is 1. The first kappa shape index (κ1) is 21.2. The molecular formula is C22H16BrIN2O3. The molecule has 0 fully saturated rings. The quantitative estimate of drug-likeness (QED) is 0.150. The number of esters is 1. The first-order valence-electron chi connectivity index (χ1n) is 8.61. The fraction of sp³-hybridized carbons (Fsp3) is 0.0455. The number of hydrazone groups is 1. The van der Waals surface area contributed by atoms with Gasteiger partial charge in [-0.25, -0.2) is 10.2 Å². The number of amides is 1. The lowest BCUT2D eigenvalue weighted by Gasteiger charge is -2.09. The third kappa shape index (κ3) is 5.51. The molecular weight excluding hydrogens is 547 g/mol. The number of nitrogens with one attached hydrogen (secondary N) is 1. The average Bonchev–Trinajstić information content (AvgIpc) is 2.70. The van der Waals surface area contributed by atoms with E-state index in [1.54, 1.807) is 42.5 Å². The summed E-state index contributed by atoms with van der Waals surface area (Å²) in [4.78, 5) is 24.8. The summed E-state index contributed by atoms with van der Waals surface area (Å²) in [6.07, 6.45) is 1.44. The van der Waals surface area contributed by atoms with E-state index in [1.807, 2.05) is 31.2 Å². The number of hydrogen-bond acceptors (Lipinski definition) is 4. The van der Waals surface area contributed by atoms with E-state index in [1.165, 1.54) is 6.21 Å². The standard InChI is InChI=1S/C22H16BrIN2O3/c1-14-6-2-3-7-17(14)22(28)29-20-11-10-16(23)12-15(20)13-25-26-21(27)18-8-4-5-9-19(18)24/h2-13H,1H3,(H,26,27)/b25-13+. The molecule has 3 aromatic rings. The summed E-state index contributed by atoms with van der Waals surface area (Å²) in [6.45, 7) is 1.85. The lowest BCUT2D eigenvalue weighted by molar-refractivity contribution is 0.0733. The van der Waals surface area contributed by atoms with Crippen LogP contribution in [0.3, 0.4) is 0 Å². The molecule has 1 N–H and O–H groups in total. The zero-order valence-electron chi connectivity index (χ0n) is 15.4. The van der Waals surface area contributed by atoms with E-state index >= 15 is 0 Å². The van der Waals surface area contributed by atoms with Crippen LogP contribution < -0.4 is 10.2 Å². The number of aryl methyl sites for hydroxylation is 1. The minimum absolute atomic E-state index is 0.320. The van der Waals surface area contributed by atoms with Crippen molar-refractivity contribution in [3.8, 4) is 5.75 Å². The average molecular weight is 563 g/mol. The second-order valence-electron chi connectivity index (χ2n) is 6.07. The van der Waals surface area contributed by atoms with Gasteiger partial charge in [0.15, 0.2) is 0 Å². The van der Waals surface area contributed by atoms with Crippen molar-refractivity contribution < 1.29 is 14.3 Å². The predicted octanol–water partition coefficient (Wildman–Crippen LogP) is 5.35. The van der Waals surface area contributed by atoms with Gasteiger partial charge in [0.1, 0.15) is 5.75 Å². The molecule has 3 aromatic carbocycles. The molecule has 0 aliphatic heterocycles. The summed E-state index contributed by atoms with van der Waals surface area (Å²) in [5.74, 6) is -0.434. The zero-order valence-corrected chi connectivity index (χ0v) is 19.1. The van der Waals surface area contributed by atoms with Crippen molar-refractivity contribution >= 4 is 56.6 Å². The molecule has 0 saturated carbocycles. The van der Waals surface area contributed by atoms with Gasteiger partial charge in [-0.2, -0.15) is 5.10 Å². The number of carbonyl (C=O) groups excluding carboxylic acids is 2. The van der Waals surface area contributed by atoms with Crippen molar-refractivity contribution in [2.24, 2.45) is 5.10 Å². The van der Waals surface area contributed by atoms with Gasteiger partial charge >= 0.3 is 5.97 Å². The summed E-state index contributed by atoms with van der Waals surface area (Å²) in [5, 5.41) is 4.02. The number of carbonyl (C=O) groups is 2. The van der Waals surface area contributed by atoms with Crippen LogP contribution in [0.15, 0.2) is 76.3 Å². The molecule has 0 saturated heterocycles. The molecule has 7 heteroatoms. The molecule has 3 rings (SSSR count). The largest absolute Gasteiger partial charge is 0.422 e. The highest BCUT2D eigenvalue weighted by Gasteiger charge is 2.14. The zero-order chi connectivity index (χ0) is 20.8. The van der Waals surface area contributed by atoms with E-state index in [9.17, 15) is 9.59 Å². The highest BCUT2D eigenvalue weighted by Crippen LogP contribution is 2.23. The number of rotatable bonds is 5. The highest BCUT2D eigenvalue weighted by atomic mass is 127. The van der Waals surface area contributed by atoms with E-state index in [0.717, 1.165) is 13.6 Å². The van der Waals surface area contributed by atoms with E-state index in [0.29, 0.717) is 22.4 Å². The number of benzene rings is 3. The second-order valence-corrected chi connectivity index (χ2v) is 8.14. The smallest absolute Gasteiger partial charge is 0.343 e. The Hall–Kier alpha value is -2.52. The van der Waals surface area contributed by atoms with Crippen LogP contribution in [-0.4, -0.2) is 18.1 Å². The van der Waals surface area contributed by atoms with Crippen molar-refractivity contribution in [2.75, 3.05) is 0 Å². The Morgan fingerprint density at radius 3 is 2.45 bits per heavy atom. The monoisotopic (exact) mass is 562 g/mol. The molecule has 146 valence electrons. The Bertz CT molecular complexity index is 1100. The van der Waals surface area contributed by atoms with Crippen molar-refractivity contribution in [3.63, 3.8) is 0 Å². The Kier molecular flexibility index (Phi) is 7.16. The summed E-state index contributed by atoms with van der Waals surface area (Å²) < 4.78 is 7.18. The normalized spacial score (nSPS) is 10.7. The maximum Gasteiger partial charge on any atom is 0.343 e. The van der Waals surface area contributed by atoms with Crippen LogP contribution in [0.25, 0.3) is 0 Å². The van der Waals surface area contributed by atoms with Gasteiger partial charge in [0, 0.05) is 13.6 Å². The Morgan fingerprint density at radius 1 is 1.03 bits per heavy atom. The molecule has 0 aliphatic rings. The molecule has 0 atom stereocenters. The minimum atomic E-state index is -0.456. The molecule has 0 spiro atoms. The van der Waals surface area contributed by atoms with Gasteiger partial charge in [0.05, 0.1) is 17.3 Å². The van der Waals surface area contributed by atoms with Gasteiger partial charge in [-0.15, -0.1) is 0 Å². The number of ether oxygens (including phenoxy) is 1. The lowest BCUT2D eigenvalue weighted by Crippen LogP contribution is -2.18. The maximum absolute atomic E-state index is 12.5. The van der Waals surface area contributed by atoms with Gasteiger partial charge in [0.2, 0.25) is 0 Å². The molecule has 29 heavy (non-hydrogen) atoms. The van der Waals surface area contributed by atoms with Gasteiger partial charge in [-0.3, -0.25) is 4.79 Å². The molecule has 0 unspecified atom stereocenters. The van der Waals surface area contributed by atoms with Crippen molar-refractivity contribution in [1.82, 2.24) is 5.43 Å². The van der Waals surface area contributed by atoms with Crippen LogP contribution in [0, 0.1) is 10.5 Å². The minimum Gasteiger partial charge on any atom is -0.422 e. The molecule has 0 heterocycles. The SMILES string of the molecule is Cc1ccccc1C(=O)Oc1ccc(Br)cc1/C=N/NC(=O)c1ccccc1I. The number of halogens is 2. The predicted molar refractivity (Wildman–Crippen MR) is 124 cm³/mol. The van der Waals surface area contributed by atoms with Gasteiger partial charge in [-0.1, -0.05) is 46.3 Å². The summed E-state index contributed by atoms with van der Waals surface area (Å²) in [7, 11) is 0. The summed E-state index contributed by atoms with van der Waals surface area (Å²) >= 11 is 5.49. The van der Waals surface area contributed by atoms with Crippen LogP contribution in [0.1, 0.15) is 31.8 Å². The first-order chi connectivity index (χ1) is 14.0. The molecule has 0 radical (unpaired) electrons.